The van der Waals surface area contributed by atoms with E-state index < -0.39 is 0 Å². The Morgan fingerprint density at radius 1 is 0.545 bits per heavy atom. The van der Waals surface area contributed by atoms with E-state index in [1.807, 2.05) is 11.3 Å². The maximum atomic E-state index is 3.74. The lowest BCUT2D eigenvalue weighted by Gasteiger charge is -2.10. The zero-order valence-electron chi connectivity index (χ0n) is 17.6. The first-order valence-corrected chi connectivity index (χ1v) is 12.6. The van der Waals surface area contributed by atoms with Crippen LogP contribution < -0.4 is 0 Å². The summed E-state index contributed by atoms with van der Waals surface area (Å²) in [7, 11) is 0. The maximum absolute atomic E-state index is 3.74. The van der Waals surface area contributed by atoms with Crippen LogP contribution in [0.15, 0.2) is 114 Å². The molecule has 0 atom stereocenters. The quantitative estimate of drug-likeness (QED) is 0.221. The van der Waals surface area contributed by atoms with E-state index in [1.165, 1.54) is 58.8 Å². The van der Waals surface area contributed by atoms with Crippen LogP contribution in [0.4, 0.5) is 0 Å². The molecule has 0 spiro atoms. The van der Waals surface area contributed by atoms with Gasteiger partial charge in [-0.25, -0.2) is 0 Å². The number of thiophene rings is 1. The highest BCUT2D eigenvalue weighted by Gasteiger charge is 2.15. The van der Waals surface area contributed by atoms with Crippen LogP contribution in [-0.2, 0) is 0 Å². The number of halogens is 1. The summed E-state index contributed by atoms with van der Waals surface area (Å²) in [6, 6.07) is 39.5. The zero-order valence-corrected chi connectivity index (χ0v) is 20.0. The number of aromatic nitrogens is 1. The van der Waals surface area contributed by atoms with Crippen LogP contribution in [0, 0.1) is 0 Å². The standard InChI is InChI=1S/C30H18BrNS/c31-26-10-4-1-7-21(26)19-13-15-23-22-8-2-5-11-27(22)32(28(23)17-19)20-14-16-30-25(18-20)24-9-3-6-12-29(24)33-30/h1-18H. The smallest absolute Gasteiger partial charge is 0.0547 e. The van der Waals surface area contributed by atoms with Gasteiger partial charge in [0.05, 0.1) is 11.0 Å². The van der Waals surface area contributed by atoms with E-state index in [9.17, 15) is 0 Å². The lowest BCUT2D eigenvalue weighted by atomic mass is 10.0. The molecule has 0 aliphatic heterocycles. The predicted molar refractivity (Wildman–Crippen MR) is 147 cm³/mol. The first kappa shape index (κ1) is 19.1. The molecule has 0 saturated heterocycles. The summed E-state index contributed by atoms with van der Waals surface area (Å²) >= 11 is 5.60. The average molecular weight is 504 g/mol. The van der Waals surface area contributed by atoms with Gasteiger partial charge >= 0.3 is 0 Å². The average Bonchev–Trinajstić information content (AvgIpc) is 3.39. The Morgan fingerprint density at radius 3 is 2.18 bits per heavy atom. The number of rotatable bonds is 2. The molecule has 156 valence electrons. The second-order valence-electron chi connectivity index (χ2n) is 8.34. The third-order valence-corrected chi connectivity index (χ3v) is 8.32. The van der Waals surface area contributed by atoms with E-state index in [0.717, 1.165) is 4.47 Å². The molecule has 5 aromatic carbocycles. The number of benzene rings is 5. The molecule has 0 fully saturated rings. The second-order valence-corrected chi connectivity index (χ2v) is 10.3. The molecule has 0 unspecified atom stereocenters. The molecule has 0 aliphatic rings. The van der Waals surface area contributed by atoms with Gasteiger partial charge in [-0.05, 0) is 53.6 Å². The molecule has 7 rings (SSSR count). The van der Waals surface area contributed by atoms with Crippen molar-refractivity contribution in [3.8, 4) is 16.8 Å². The predicted octanol–water partition coefficient (Wildman–Crippen LogP) is 9.58. The first-order valence-electron chi connectivity index (χ1n) is 11.0. The molecule has 33 heavy (non-hydrogen) atoms. The van der Waals surface area contributed by atoms with E-state index in [0.29, 0.717) is 0 Å². The van der Waals surface area contributed by atoms with Gasteiger partial charge in [0.1, 0.15) is 0 Å². The van der Waals surface area contributed by atoms with Gasteiger partial charge in [-0.3, -0.25) is 0 Å². The molecular formula is C30H18BrNS. The van der Waals surface area contributed by atoms with Crippen molar-refractivity contribution >= 4 is 69.2 Å². The summed E-state index contributed by atoms with van der Waals surface area (Å²) in [5.41, 5.74) is 6.07. The van der Waals surface area contributed by atoms with Crippen molar-refractivity contribution < 1.29 is 0 Å². The highest BCUT2D eigenvalue weighted by molar-refractivity contribution is 9.10. The van der Waals surface area contributed by atoms with Crippen LogP contribution in [0.2, 0.25) is 0 Å². The van der Waals surface area contributed by atoms with E-state index in [4.69, 9.17) is 0 Å². The monoisotopic (exact) mass is 503 g/mol. The van der Waals surface area contributed by atoms with Gasteiger partial charge in [0, 0.05) is 41.1 Å². The fraction of sp³-hybridized carbons (Fsp3) is 0. The van der Waals surface area contributed by atoms with Crippen molar-refractivity contribution in [2.45, 2.75) is 0 Å². The lowest BCUT2D eigenvalue weighted by molar-refractivity contribution is 1.19. The highest BCUT2D eigenvalue weighted by Crippen LogP contribution is 2.39. The van der Waals surface area contributed by atoms with Crippen molar-refractivity contribution in [1.82, 2.24) is 4.57 Å². The molecule has 2 aromatic heterocycles. The molecule has 0 amide bonds. The third kappa shape index (κ3) is 2.90. The highest BCUT2D eigenvalue weighted by atomic mass is 79.9. The van der Waals surface area contributed by atoms with Crippen LogP contribution in [0.25, 0.3) is 58.8 Å². The summed E-state index contributed by atoms with van der Waals surface area (Å²) in [5, 5.41) is 5.20. The Labute approximate surface area is 203 Å². The van der Waals surface area contributed by atoms with E-state index in [-0.39, 0.29) is 0 Å². The lowest BCUT2D eigenvalue weighted by Crippen LogP contribution is -1.93. The first-order chi connectivity index (χ1) is 16.3. The number of nitrogens with zero attached hydrogens (tertiary/aromatic N) is 1. The van der Waals surface area contributed by atoms with Gasteiger partial charge in [0.2, 0.25) is 0 Å². The Bertz CT molecular complexity index is 1840. The van der Waals surface area contributed by atoms with Crippen LogP contribution >= 0.6 is 27.3 Å². The summed E-state index contributed by atoms with van der Waals surface area (Å²) in [6.07, 6.45) is 0. The van der Waals surface area contributed by atoms with E-state index in [2.05, 4.69) is 130 Å². The number of hydrogen-bond acceptors (Lipinski definition) is 1. The summed E-state index contributed by atoms with van der Waals surface area (Å²) in [6.45, 7) is 0. The number of fused-ring (bicyclic) bond motifs is 6. The van der Waals surface area contributed by atoms with E-state index >= 15 is 0 Å². The molecule has 1 nitrogen and oxygen atoms in total. The van der Waals surface area contributed by atoms with Gasteiger partial charge in [0.25, 0.3) is 0 Å². The second kappa shape index (κ2) is 7.31. The molecule has 3 heteroatoms. The molecule has 0 bridgehead atoms. The van der Waals surface area contributed by atoms with Crippen molar-refractivity contribution in [1.29, 1.82) is 0 Å². The van der Waals surface area contributed by atoms with Crippen molar-refractivity contribution in [2.75, 3.05) is 0 Å². The zero-order chi connectivity index (χ0) is 21.9. The van der Waals surface area contributed by atoms with Gasteiger partial charge in [-0.1, -0.05) is 82.7 Å². The van der Waals surface area contributed by atoms with Crippen molar-refractivity contribution in [3.05, 3.63) is 114 Å². The fourth-order valence-corrected chi connectivity index (χ4v) is 6.56. The Hall–Kier alpha value is -3.40. The molecule has 0 saturated carbocycles. The van der Waals surface area contributed by atoms with Crippen LogP contribution in [0.3, 0.4) is 0 Å². The Kier molecular flexibility index (Phi) is 4.23. The normalized spacial score (nSPS) is 11.8. The topological polar surface area (TPSA) is 4.93 Å². The minimum absolute atomic E-state index is 1.11. The number of hydrogen-bond donors (Lipinski definition) is 0. The minimum atomic E-state index is 1.11. The van der Waals surface area contributed by atoms with Crippen LogP contribution in [-0.4, -0.2) is 4.57 Å². The van der Waals surface area contributed by atoms with Gasteiger partial charge < -0.3 is 4.57 Å². The van der Waals surface area contributed by atoms with Crippen molar-refractivity contribution in [3.63, 3.8) is 0 Å². The maximum Gasteiger partial charge on any atom is 0.0547 e. The molecule has 0 radical (unpaired) electrons. The van der Waals surface area contributed by atoms with Crippen molar-refractivity contribution in [2.24, 2.45) is 0 Å². The molecule has 2 heterocycles. The summed E-state index contributed by atoms with van der Waals surface area (Å²) < 4.78 is 6.19. The number of para-hydroxylation sites is 1. The fourth-order valence-electron chi connectivity index (χ4n) is 4.96. The molecular weight excluding hydrogens is 486 g/mol. The molecule has 7 aromatic rings. The molecule has 0 aliphatic carbocycles. The van der Waals surface area contributed by atoms with Crippen LogP contribution in [0.5, 0.6) is 0 Å². The largest absolute Gasteiger partial charge is 0.309 e. The van der Waals surface area contributed by atoms with Gasteiger partial charge in [-0.15, -0.1) is 11.3 Å². The summed E-state index contributed by atoms with van der Waals surface area (Å²) in [4.78, 5) is 0. The molecule has 0 N–H and O–H groups in total. The Morgan fingerprint density at radius 2 is 1.27 bits per heavy atom. The van der Waals surface area contributed by atoms with Gasteiger partial charge in [-0.2, -0.15) is 0 Å². The Balaban J connectivity index is 1.56. The SMILES string of the molecule is Brc1ccccc1-c1ccc2c3ccccc3n(-c3ccc4sc5ccccc5c4c3)c2c1. The van der Waals surface area contributed by atoms with E-state index in [1.54, 1.807) is 0 Å². The minimum Gasteiger partial charge on any atom is -0.309 e. The van der Waals surface area contributed by atoms with Crippen LogP contribution in [0.1, 0.15) is 0 Å². The third-order valence-electron chi connectivity index (χ3n) is 6.48. The summed E-state index contributed by atoms with van der Waals surface area (Å²) in [5.74, 6) is 0. The van der Waals surface area contributed by atoms with Gasteiger partial charge in [0.15, 0.2) is 0 Å².